The second kappa shape index (κ2) is 8.45. The maximum atomic E-state index is 11.8. The molecule has 2 amide bonds. The molecule has 0 radical (unpaired) electrons. The van der Waals surface area contributed by atoms with Crippen LogP contribution in [0.2, 0.25) is 0 Å². The van der Waals surface area contributed by atoms with Gasteiger partial charge in [-0.3, -0.25) is 25.4 Å². The van der Waals surface area contributed by atoms with Gasteiger partial charge in [0.05, 0.1) is 5.56 Å². The van der Waals surface area contributed by atoms with E-state index >= 15 is 0 Å². The predicted octanol–water partition coefficient (Wildman–Crippen LogP) is 1.68. The van der Waals surface area contributed by atoms with Gasteiger partial charge in [0.1, 0.15) is 0 Å². The van der Waals surface area contributed by atoms with Crippen LogP contribution >= 0.6 is 12.4 Å². The monoisotopic (exact) mass is 315 g/mol. The van der Waals surface area contributed by atoms with Crippen LogP contribution in [0.25, 0.3) is 0 Å². The second-order valence-electron chi connectivity index (χ2n) is 4.21. The lowest BCUT2D eigenvalue weighted by molar-refractivity contribution is -0.119. The summed E-state index contributed by atoms with van der Waals surface area (Å²) in [6.45, 7) is 1.31. The molecule has 0 aliphatic carbocycles. The zero-order chi connectivity index (χ0) is 15.1. The summed E-state index contributed by atoms with van der Waals surface area (Å²) in [5.41, 5.74) is 6.31. The third-order valence-corrected chi connectivity index (χ3v) is 2.48. The largest absolute Gasteiger partial charge is 0.274 e. The van der Waals surface area contributed by atoms with Crippen molar-refractivity contribution in [3.63, 3.8) is 0 Å². The van der Waals surface area contributed by atoms with Gasteiger partial charge in [-0.25, -0.2) is 0 Å². The highest BCUT2D eigenvalue weighted by atomic mass is 35.5. The molecule has 1 heterocycles. The summed E-state index contributed by atoms with van der Waals surface area (Å²) >= 11 is 0. The molecule has 2 aromatic rings. The molecule has 0 fully saturated rings. The SMILES string of the molecule is CC(=O)NNC(=O)c1cncc(C#Cc2ccccc2)c1.Cl. The fraction of sp³-hybridized carbons (Fsp3) is 0.0625. The molecule has 0 unspecified atom stereocenters. The van der Waals surface area contributed by atoms with Crippen molar-refractivity contribution in [2.45, 2.75) is 6.92 Å². The Labute approximate surface area is 134 Å². The summed E-state index contributed by atoms with van der Waals surface area (Å²) < 4.78 is 0. The number of pyridine rings is 1. The van der Waals surface area contributed by atoms with Gasteiger partial charge in [0, 0.05) is 30.4 Å². The number of hydrazine groups is 1. The lowest BCUT2D eigenvalue weighted by Gasteiger charge is -2.04. The van der Waals surface area contributed by atoms with Crippen molar-refractivity contribution < 1.29 is 9.59 Å². The zero-order valence-electron chi connectivity index (χ0n) is 11.8. The Kier molecular flexibility index (Phi) is 6.61. The first-order chi connectivity index (χ1) is 10.1. The number of aromatic nitrogens is 1. The topological polar surface area (TPSA) is 71.1 Å². The molecule has 1 aromatic heterocycles. The lowest BCUT2D eigenvalue weighted by Crippen LogP contribution is -2.40. The highest BCUT2D eigenvalue weighted by Gasteiger charge is 2.06. The van der Waals surface area contributed by atoms with E-state index < -0.39 is 5.91 Å². The fourth-order valence-corrected chi connectivity index (χ4v) is 1.52. The van der Waals surface area contributed by atoms with E-state index in [1.807, 2.05) is 30.3 Å². The molecule has 5 nitrogen and oxygen atoms in total. The Bertz CT molecular complexity index is 721. The minimum Gasteiger partial charge on any atom is -0.274 e. The number of carbonyl (C=O) groups is 2. The Hall–Kier alpha value is -2.84. The van der Waals surface area contributed by atoms with Gasteiger partial charge < -0.3 is 0 Å². The van der Waals surface area contributed by atoms with Crippen LogP contribution in [-0.4, -0.2) is 16.8 Å². The quantitative estimate of drug-likeness (QED) is 0.621. The Morgan fingerprint density at radius 1 is 1.00 bits per heavy atom. The lowest BCUT2D eigenvalue weighted by atomic mass is 10.1. The molecule has 0 bridgehead atoms. The number of benzene rings is 1. The molecule has 0 spiro atoms. The van der Waals surface area contributed by atoms with Crippen LogP contribution in [0.15, 0.2) is 48.8 Å². The van der Waals surface area contributed by atoms with Crippen molar-refractivity contribution in [2.75, 3.05) is 0 Å². The zero-order valence-corrected chi connectivity index (χ0v) is 12.6. The van der Waals surface area contributed by atoms with E-state index in [1.165, 1.54) is 13.1 Å². The smallest absolute Gasteiger partial charge is 0.271 e. The fourth-order valence-electron chi connectivity index (χ4n) is 1.52. The van der Waals surface area contributed by atoms with Crippen molar-refractivity contribution in [3.8, 4) is 11.8 Å². The Morgan fingerprint density at radius 3 is 2.36 bits per heavy atom. The van der Waals surface area contributed by atoms with Gasteiger partial charge in [0.15, 0.2) is 0 Å². The summed E-state index contributed by atoms with van der Waals surface area (Å²) in [7, 11) is 0. The Morgan fingerprint density at radius 2 is 1.68 bits per heavy atom. The summed E-state index contributed by atoms with van der Waals surface area (Å²) in [6.07, 6.45) is 2.98. The molecule has 0 aliphatic rings. The molecular formula is C16H14ClN3O2. The molecule has 22 heavy (non-hydrogen) atoms. The van der Waals surface area contributed by atoms with Crippen molar-refractivity contribution in [1.29, 1.82) is 0 Å². The number of nitrogens with one attached hydrogen (secondary N) is 2. The standard InChI is InChI=1S/C16H13N3O2.ClH/c1-12(20)18-19-16(21)15-9-14(10-17-11-15)8-7-13-5-3-2-4-6-13;/h2-6,9-11H,1H3,(H,18,20)(H,19,21);1H. The number of carbonyl (C=O) groups excluding carboxylic acids is 2. The van der Waals surface area contributed by atoms with E-state index in [-0.39, 0.29) is 18.3 Å². The number of hydrogen-bond acceptors (Lipinski definition) is 3. The Balaban J connectivity index is 0.00000242. The van der Waals surface area contributed by atoms with Crippen LogP contribution in [0.5, 0.6) is 0 Å². The van der Waals surface area contributed by atoms with E-state index in [0.717, 1.165) is 5.56 Å². The average molecular weight is 316 g/mol. The normalized spacial score (nSPS) is 8.77. The van der Waals surface area contributed by atoms with Crippen molar-refractivity contribution in [3.05, 3.63) is 65.5 Å². The third kappa shape index (κ3) is 5.27. The highest BCUT2D eigenvalue weighted by molar-refractivity contribution is 5.95. The number of nitrogens with zero attached hydrogens (tertiary/aromatic N) is 1. The van der Waals surface area contributed by atoms with Crippen LogP contribution < -0.4 is 10.9 Å². The number of rotatable bonds is 1. The number of amides is 2. The average Bonchev–Trinajstić information content (AvgIpc) is 2.52. The van der Waals surface area contributed by atoms with Gasteiger partial charge in [0.2, 0.25) is 5.91 Å². The van der Waals surface area contributed by atoms with Gasteiger partial charge in [-0.15, -0.1) is 12.4 Å². The molecule has 6 heteroatoms. The van der Waals surface area contributed by atoms with Crippen LogP contribution in [0, 0.1) is 11.8 Å². The molecule has 0 atom stereocenters. The maximum absolute atomic E-state index is 11.8. The predicted molar refractivity (Wildman–Crippen MR) is 85.2 cm³/mol. The first kappa shape index (κ1) is 17.2. The van der Waals surface area contributed by atoms with Crippen molar-refractivity contribution >= 4 is 24.2 Å². The summed E-state index contributed by atoms with van der Waals surface area (Å²) in [5, 5.41) is 0. The molecule has 1 aromatic carbocycles. The molecule has 0 aliphatic heterocycles. The maximum Gasteiger partial charge on any atom is 0.271 e. The number of hydrogen-bond donors (Lipinski definition) is 2. The van der Waals surface area contributed by atoms with Crippen molar-refractivity contribution in [1.82, 2.24) is 15.8 Å². The second-order valence-corrected chi connectivity index (χ2v) is 4.21. The van der Waals surface area contributed by atoms with Crippen LogP contribution in [0.3, 0.4) is 0 Å². The van der Waals surface area contributed by atoms with E-state index in [9.17, 15) is 9.59 Å². The van der Waals surface area contributed by atoms with Gasteiger partial charge in [-0.05, 0) is 18.2 Å². The molecule has 112 valence electrons. The van der Waals surface area contributed by atoms with Crippen LogP contribution in [0.1, 0.15) is 28.4 Å². The van der Waals surface area contributed by atoms with Gasteiger partial charge in [-0.2, -0.15) is 0 Å². The van der Waals surface area contributed by atoms with E-state index in [1.54, 1.807) is 12.3 Å². The number of halogens is 1. The minimum absolute atomic E-state index is 0. The summed E-state index contributed by atoms with van der Waals surface area (Å²) in [5.74, 6) is 5.13. The molecule has 0 saturated carbocycles. The highest BCUT2D eigenvalue weighted by Crippen LogP contribution is 2.02. The van der Waals surface area contributed by atoms with E-state index in [0.29, 0.717) is 11.1 Å². The van der Waals surface area contributed by atoms with E-state index in [2.05, 4.69) is 27.7 Å². The van der Waals surface area contributed by atoms with Crippen LogP contribution in [0.4, 0.5) is 0 Å². The third-order valence-electron chi connectivity index (χ3n) is 2.48. The first-order valence-corrected chi connectivity index (χ1v) is 6.24. The van der Waals surface area contributed by atoms with Crippen molar-refractivity contribution in [2.24, 2.45) is 0 Å². The molecule has 2 rings (SSSR count). The van der Waals surface area contributed by atoms with Crippen LogP contribution in [-0.2, 0) is 4.79 Å². The molecule has 0 saturated heterocycles. The summed E-state index contributed by atoms with van der Waals surface area (Å²) in [6, 6.07) is 11.1. The summed E-state index contributed by atoms with van der Waals surface area (Å²) in [4.78, 5) is 26.5. The minimum atomic E-state index is -0.443. The van der Waals surface area contributed by atoms with Gasteiger partial charge >= 0.3 is 0 Å². The molecular weight excluding hydrogens is 302 g/mol. The molecule has 2 N–H and O–H groups in total. The first-order valence-electron chi connectivity index (χ1n) is 6.24. The van der Waals surface area contributed by atoms with Gasteiger partial charge in [0.25, 0.3) is 5.91 Å². The van der Waals surface area contributed by atoms with E-state index in [4.69, 9.17) is 0 Å². The van der Waals surface area contributed by atoms with Gasteiger partial charge in [-0.1, -0.05) is 30.0 Å².